The van der Waals surface area contributed by atoms with Gasteiger partial charge in [-0.1, -0.05) is 0 Å². The lowest BCUT2D eigenvalue weighted by molar-refractivity contribution is -0.123. The average Bonchev–Trinajstić information content (AvgIpc) is 3.10. The van der Waals surface area contributed by atoms with E-state index in [2.05, 4.69) is 16.0 Å². The normalized spacial score (nSPS) is 16.4. The first-order valence-corrected chi connectivity index (χ1v) is 5.93. The molecule has 0 spiro atoms. The molecule has 0 aromatic carbocycles. The zero-order valence-electron chi connectivity index (χ0n) is 10.4. The van der Waals surface area contributed by atoms with Gasteiger partial charge in [0.05, 0.1) is 19.2 Å². The van der Waals surface area contributed by atoms with Crippen LogP contribution in [0.3, 0.4) is 0 Å². The molecule has 1 atom stereocenters. The summed E-state index contributed by atoms with van der Waals surface area (Å²) in [5.41, 5.74) is 0. The largest absolute Gasteiger partial charge is 0.383 e. The molecular weight excluding hydrogens is 222 g/mol. The van der Waals surface area contributed by atoms with Crippen molar-refractivity contribution in [2.45, 2.75) is 31.8 Å². The molecule has 1 fully saturated rings. The molecule has 0 heterocycles. The molecule has 2 amide bonds. The van der Waals surface area contributed by atoms with Crippen LogP contribution in [0.1, 0.15) is 19.8 Å². The van der Waals surface area contributed by atoms with Gasteiger partial charge in [0.15, 0.2) is 0 Å². The summed E-state index contributed by atoms with van der Waals surface area (Å²) in [5, 5.41) is 8.43. The standard InChI is InChI=1S/C11H21N3O3/c1-8(11(16)12-5-6-17-2)13-7-10(15)14-9-3-4-9/h8-9,13H,3-7H2,1-2H3,(H,12,16)(H,14,15). The second kappa shape index (κ2) is 7.24. The smallest absolute Gasteiger partial charge is 0.236 e. The van der Waals surface area contributed by atoms with Crippen LogP contribution in [-0.4, -0.2) is 50.7 Å². The zero-order valence-corrected chi connectivity index (χ0v) is 10.4. The minimum absolute atomic E-state index is 0.0518. The van der Waals surface area contributed by atoms with Gasteiger partial charge in [0, 0.05) is 19.7 Å². The Kier molecular flexibility index (Phi) is 5.93. The fraction of sp³-hybridized carbons (Fsp3) is 0.818. The van der Waals surface area contributed by atoms with Crippen LogP contribution in [0.2, 0.25) is 0 Å². The topological polar surface area (TPSA) is 79.5 Å². The van der Waals surface area contributed by atoms with Crippen LogP contribution in [0.5, 0.6) is 0 Å². The van der Waals surface area contributed by atoms with E-state index in [-0.39, 0.29) is 24.4 Å². The monoisotopic (exact) mass is 243 g/mol. The fourth-order valence-electron chi connectivity index (χ4n) is 1.27. The van der Waals surface area contributed by atoms with Crippen molar-refractivity contribution in [2.24, 2.45) is 0 Å². The molecule has 0 aromatic heterocycles. The molecule has 1 aliphatic rings. The van der Waals surface area contributed by atoms with E-state index in [0.29, 0.717) is 19.2 Å². The number of hydrogen-bond donors (Lipinski definition) is 3. The van der Waals surface area contributed by atoms with E-state index < -0.39 is 0 Å². The van der Waals surface area contributed by atoms with Crippen molar-refractivity contribution in [2.75, 3.05) is 26.8 Å². The van der Waals surface area contributed by atoms with Crippen molar-refractivity contribution < 1.29 is 14.3 Å². The molecule has 1 saturated carbocycles. The molecular formula is C11H21N3O3. The summed E-state index contributed by atoms with van der Waals surface area (Å²) in [4.78, 5) is 22.9. The first-order chi connectivity index (χ1) is 8.13. The van der Waals surface area contributed by atoms with Crippen molar-refractivity contribution >= 4 is 11.8 Å². The highest BCUT2D eigenvalue weighted by molar-refractivity contribution is 5.83. The van der Waals surface area contributed by atoms with Gasteiger partial charge < -0.3 is 15.4 Å². The maximum absolute atomic E-state index is 11.5. The highest BCUT2D eigenvalue weighted by Gasteiger charge is 2.23. The van der Waals surface area contributed by atoms with Crippen LogP contribution >= 0.6 is 0 Å². The van der Waals surface area contributed by atoms with Crippen LogP contribution < -0.4 is 16.0 Å². The number of ether oxygens (including phenoxy) is 1. The minimum atomic E-state index is -0.378. The minimum Gasteiger partial charge on any atom is -0.383 e. The van der Waals surface area contributed by atoms with Crippen LogP contribution in [0.15, 0.2) is 0 Å². The number of amides is 2. The quantitative estimate of drug-likeness (QED) is 0.478. The highest BCUT2D eigenvalue weighted by atomic mass is 16.5. The van der Waals surface area contributed by atoms with E-state index in [1.165, 1.54) is 0 Å². The van der Waals surface area contributed by atoms with Crippen LogP contribution in [0, 0.1) is 0 Å². The Morgan fingerprint density at radius 2 is 2.12 bits per heavy atom. The molecule has 0 saturated heterocycles. The molecule has 1 rings (SSSR count). The van der Waals surface area contributed by atoms with E-state index >= 15 is 0 Å². The Morgan fingerprint density at radius 3 is 2.71 bits per heavy atom. The molecule has 3 N–H and O–H groups in total. The van der Waals surface area contributed by atoms with Gasteiger partial charge in [-0.25, -0.2) is 0 Å². The van der Waals surface area contributed by atoms with Crippen molar-refractivity contribution in [1.29, 1.82) is 0 Å². The van der Waals surface area contributed by atoms with Gasteiger partial charge >= 0.3 is 0 Å². The number of carbonyl (C=O) groups excluding carboxylic acids is 2. The Hall–Kier alpha value is -1.14. The predicted molar refractivity (Wildman–Crippen MR) is 63.5 cm³/mol. The molecule has 6 nitrogen and oxygen atoms in total. The van der Waals surface area contributed by atoms with Crippen LogP contribution in [0.25, 0.3) is 0 Å². The molecule has 0 aliphatic heterocycles. The van der Waals surface area contributed by atoms with Gasteiger partial charge in [-0.3, -0.25) is 14.9 Å². The highest BCUT2D eigenvalue weighted by Crippen LogP contribution is 2.18. The molecule has 1 unspecified atom stereocenters. The number of hydrogen-bond acceptors (Lipinski definition) is 4. The van der Waals surface area contributed by atoms with Crippen molar-refractivity contribution in [3.8, 4) is 0 Å². The van der Waals surface area contributed by atoms with Crippen LogP contribution in [-0.2, 0) is 14.3 Å². The Morgan fingerprint density at radius 1 is 1.41 bits per heavy atom. The lowest BCUT2D eigenvalue weighted by Crippen LogP contribution is -2.46. The van der Waals surface area contributed by atoms with Crippen molar-refractivity contribution in [3.05, 3.63) is 0 Å². The Balaban J connectivity index is 2.07. The zero-order chi connectivity index (χ0) is 12.7. The lowest BCUT2D eigenvalue weighted by atomic mass is 10.3. The fourth-order valence-corrected chi connectivity index (χ4v) is 1.27. The number of carbonyl (C=O) groups is 2. The van der Waals surface area contributed by atoms with E-state index in [4.69, 9.17) is 4.74 Å². The maximum Gasteiger partial charge on any atom is 0.236 e. The van der Waals surface area contributed by atoms with E-state index in [1.807, 2.05) is 0 Å². The average molecular weight is 243 g/mol. The van der Waals surface area contributed by atoms with Gasteiger partial charge in [0.2, 0.25) is 11.8 Å². The summed E-state index contributed by atoms with van der Waals surface area (Å²) in [6.45, 7) is 2.87. The summed E-state index contributed by atoms with van der Waals surface area (Å²) in [7, 11) is 1.58. The third-order valence-electron chi connectivity index (χ3n) is 2.51. The summed E-state index contributed by atoms with van der Waals surface area (Å²) in [5.74, 6) is -0.176. The van der Waals surface area contributed by atoms with E-state index in [0.717, 1.165) is 12.8 Å². The molecule has 98 valence electrons. The summed E-state index contributed by atoms with van der Waals surface area (Å²) >= 11 is 0. The van der Waals surface area contributed by atoms with Crippen LogP contribution in [0.4, 0.5) is 0 Å². The SMILES string of the molecule is COCCNC(=O)C(C)NCC(=O)NC1CC1. The third kappa shape index (κ3) is 6.23. The third-order valence-corrected chi connectivity index (χ3v) is 2.51. The first kappa shape index (κ1) is 13.9. The van der Waals surface area contributed by atoms with Gasteiger partial charge in [-0.2, -0.15) is 0 Å². The Labute approximate surface area is 101 Å². The first-order valence-electron chi connectivity index (χ1n) is 5.93. The Bertz CT molecular complexity index is 267. The second-order valence-electron chi connectivity index (χ2n) is 4.23. The summed E-state index contributed by atoms with van der Waals surface area (Å²) in [6.07, 6.45) is 2.14. The molecule has 0 aromatic rings. The van der Waals surface area contributed by atoms with Crippen molar-refractivity contribution in [1.82, 2.24) is 16.0 Å². The number of nitrogens with one attached hydrogen (secondary N) is 3. The van der Waals surface area contributed by atoms with Gasteiger partial charge in [-0.05, 0) is 19.8 Å². The molecule has 0 radical (unpaired) electrons. The van der Waals surface area contributed by atoms with Gasteiger partial charge in [0.1, 0.15) is 0 Å². The van der Waals surface area contributed by atoms with Crippen molar-refractivity contribution in [3.63, 3.8) is 0 Å². The number of rotatable bonds is 8. The van der Waals surface area contributed by atoms with E-state index in [9.17, 15) is 9.59 Å². The predicted octanol–water partition coefficient (Wildman–Crippen LogP) is -0.994. The molecule has 17 heavy (non-hydrogen) atoms. The summed E-state index contributed by atoms with van der Waals surface area (Å²) < 4.78 is 4.82. The second-order valence-corrected chi connectivity index (χ2v) is 4.23. The number of methoxy groups -OCH3 is 1. The van der Waals surface area contributed by atoms with Gasteiger partial charge in [-0.15, -0.1) is 0 Å². The lowest BCUT2D eigenvalue weighted by Gasteiger charge is -2.13. The van der Waals surface area contributed by atoms with Gasteiger partial charge in [0.25, 0.3) is 0 Å². The van der Waals surface area contributed by atoms with E-state index in [1.54, 1.807) is 14.0 Å². The molecule has 1 aliphatic carbocycles. The molecule has 6 heteroatoms. The maximum atomic E-state index is 11.5. The summed E-state index contributed by atoms with van der Waals surface area (Å²) in [6, 6.07) is -0.0213. The molecule has 0 bridgehead atoms.